The fourth-order valence-corrected chi connectivity index (χ4v) is 3.34. The molecule has 1 aliphatic heterocycles. The first-order chi connectivity index (χ1) is 14.3. The number of aromatic hydroxyl groups is 1. The maximum Gasteiger partial charge on any atom is 0.329 e. The van der Waals surface area contributed by atoms with Gasteiger partial charge in [0.2, 0.25) is 0 Å². The second-order valence-electron chi connectivity index (χ2n) is 7.32. The maximum atomic E-state index is 12.7. The number of nitrogens with zero attached hydrogens (tertiary/aromatic N) is 1. The molecule has 1 aromatic heterocycles. The normalized spacial score (nSPS) is 24.7. The first-order valence-electron chi connectivity index (χ1n) is 9.80. The summed E-state index contributed by atoms with van der Waals surface area (Å²) >= 11 is 0. The molecule has 0 spiro atoms. The van der Waals surface area contributed by atoms with E-state index < -0.39 is 35.9 Å². The number of rotatable bonds is 7. The van der Waals surface area contributed by atoms with E-state index in [2.05, 4.69) is 16.9 Å². The van der Waals surface area contributed by atoms with Crippen LogP contribution in [0, 0.1) is 0 Å². The Hall–Kier alpha value is -2.65. The van der Waals surface area contributed by atoms with E-state index in [0.717, 1.165) is 5.57 Å². The third-order valence-electron chi connectivity index (χ3n) is 4.84. The highest BCUT2D eigenvalue weighted by Crippen LogP contribution is 2.28. The summed E-state index contributed by atoms with van der Waals surface area (Å²) in [7, 11) is 2.91. The summed E-state index contributed by atoms with van der Waals surface area (Å²) in [6.07, 6.45) is 1.56. The zero-order valence-electron chi connectivity index (χ0n) is 17.8. The minimum Gasteiger partial charge on any atom is -0.503 e. The van der Waals surface area contributed by atoms with Crippen molar-refractivity contribution in [1.82, 2.24) is 10.3 Å². The molecule has 2 rings (SSSR count). The van der Waals surface area contributed by atoms with Crippen molar-refractivity contribution in [3.63, 3.8) is 0 Å². The van der Waals surface area contributed by atoms with Crippen LogP contribution in [0.1, 0.15) is 43.6 Å². The molecular weight excluding hydrogens is 392 g/mol. The minimum absolute atomic E-state index is 0.112. The van der Waals surface area contributed by atoms with Gasteiger partial charge in [0.1, 0.15) is 18.2 Å². The molecule has 0 bridgehead atoms. The van der Waals surface area contributed by atoms with E-state index >= 15 is 0 Å². The Kier molecular flexibility index (Phi) is 8.61. The number of hydrogen-bond donors (Lipinski definition) is 2. The third kappa shape index (κ3) is 5.93. The number of nitrogens with one attached hydrogen (secondary N) is 1. The van der Waals surface area contributed by atoms with Gasteiger partial charge in [-0.2, -0.15) is 0 Å². The van der Waals surface area contributed by atoms with Crippen molar-refractivity contribution < 1.29 is 33.6 Å². The molecule has 1 saturated heterocycles. The molecule has 1 aromatic rings. The van der Waals surface area contributed by atoms with Crippen LogP contribution in [0.3, 0.4) is 0 Å². The van der Waals surface area contributed by atoms with Crippen LogP contribution in [0.5, 0.6) is 11.5 Å². The number of pyridine rings is 1. The Labute approximate surface area is 176 Å². The highest BCUT2D eigenvalue weighted by atomic mass is 16.6. The summed E-state index contributed by atoms with van der Waals surface area (Å²) in [4.78, 5) is 29.2. The molecular formula is C21H30N2O7. The molecule has 1 fully saturated rings. The van der Waals surface area contributed by atoms with Crippen LogP contribution in [0.2, 0.25) is 0 Å². The Bertz CT molecular complexity index is 768. The summed E-state index contributed by atoms with van der Waals surface area (Å²) < 4.78 is 22.0. The van der Waals surface area contributed by atoms with Crippen LogP contribution in [-0.2, 0) is 19.0 Å². The maximum absolute atomic E-state index is 12.7. The number of methoxy groups -OCH3 is 2. The molecule has 2 heterocycles. The van der Waals surface area contributed by atoms with Crippen LogP contribution >= 0.6 is 0 Å². The number of cyclic esters (lactones) is 1. The van der Waals surface area contributed by atoms with Crippen molar-refractivity contribution in [3.05, 3.63) is 30.1 Å². The van der Waals surface area contributed by atoms with E-state index in [9.17, 15) is 14.7 Å². The van der Waals surface area contributed by atoms with E-state index in [-0.39, 0.29) is 17.5 Å². The van der Waals surface area contributed by atoms with Crippen molar-refractivity contribution in [2.24, 2.45) is 0 Å². The second kappa shape index (κ2) is 10.9. The van der Waals surface area contributed by atoms with Gasteiger partial charge in [0.15, 0.2) is 17.2 Å². The predicted molar refractivity (Wildman–Crippen MR) is 108 cm³/mol. The molecule has 0 aromatic carbocycles. The summed E-state index contributed by atoms with van der Waals surface area (Å²) in [6, 6.07) is 0.530. The largest absolute Gasteiger partial charge is 0.503 e. The lowest BCUT2D eigenvalue weighted by molar-refractivity contribution is -0.163. The van der Waals surface area contributed by atoms with Gasteiger partial charge in [0.25, 0.3) is 5.91 Å². The number of hydrogen-bond acceptors (Lipinski definition) is 8. The molecule has 0 radical (unpaired) electrons. The van der Waals surface area contributed by atoms with Gasteiger partial charge in [-0.1, -0.05) is 12.2 Å². The lowest BCUT2D eigenvalue weighted by Crippen LogP contribution is -2.45. The highest BCUT2D eigenvalue weighted by molar-refractivity contribution is 5.97. The molecule has 1 aliphatic rings. The number of amides is 1. The van der Waals surface area contributed by atoms with Crippen molar-refractivity contribution >= 4 is 11.9 Å². The molecule has 0 aliphatic carbocycles. The van der Waals surface area contributed by atoms with E-state index in [1.54, 1.807) is 14.0 Å². The summed E-state index contributed by atoms with van der Waals surface area (Å²) in [5.74, 6) is -1.56. The van der Waals surface area contributed by atoms with E-state index in [1.807, 2.05) is 6.92 Å². The van der Waals surface area contributed by atoms with Crippen molar-refractivity contribution in [3.8, 4) is 11.5 Å². The molecule has 9 nitrogen and oxygen atoms in total. The van der Waals surface area contributed by atoms with Crippen LogP contribution in [0.15, 0.2) is 24.4 Å². The first-order valence-corrected chi connectivity index (χ1v) is 9.80. The predicted octanol–water partition coefficient (Wildman–Crippen LogP) is 1.99. The molecule has 0 saturated carbocycles. The van der Waals surface area contributed by atoms with Crippen molar-refractivity contribution in [1.29, 1.82) is 0 Å². The summed E-state index contributed by atoms with van der Waals surface area (Å²) in [6.45, 7) is 7.82. The third-order valence-corrected chi connectivity index (χ3v) is 4.84. The van der Waals surface area contributed by atoms with Gasteiger partial charge in [0.05, 0.1) is 19.8 Å². The zero-order valence-corrected chi connectivity index (χ0v) is 17.8. The Morgan fingerprint density at radius 1 is 1.40 bits per heavy atom. The number of ether oxygens (including phenoxy) is 4. The Balaban J connectivity index is 2.14. The molecule has 2 N–H and O–H groups in total. The first kappa shape index (κ1) is 23.6. The topological polar surface area (TPSA) is 116 Å². The molecule has 166 valence electrons. The molecule has 30 heavy (non-hydrogen) atoms. The average molecular weight is 422 g/mol. The SMILES string of the molecule is C=C(C)COC1CCCC(NC(=O)c2nccc(OC)c2O)C(=O)OC(C)C1OC. The molecule has 1 amide bonds. The lowest BCUT2D eigenvalue weighted by Gasteiger charge is -2.29. The van der Waals surface area contributed by atoms with Gasteiger partial charge in [-0.25, -0.2) is 9.78 Å². The van der Waals surface area contributed by atoms with E-state index in [1.165, 1.54) is 19.4 Å². The summed E-state index contributed by atoms with van der Waals surface area (Å²) in [5.41, 5.74) is 0.651. The van der Waals surface area contributed by atoms with Gasteiger partial charge in [0, 0.05) is 19.4 Å². The second-order valence-corrected chi connectivity index (χ2v) is 7.32. The fourth-order valence-electron chi connectivity index (χ4n) is 3.34. The number of esters is 1. The van der Waals surface area contributed by atoms with Gasteiger partial charge in [-0.05, 0) is 33.1 Å². The van der Waals surface area contributed by atoms with Crippen LogP contribution in [0.25, 0.3) is 0 Å². The van der Waals surface area contributed by atoms with Gasteiger partial charge >= 0.3 is 5.97 Å². The smallest absolute Gasteiger partial charge is 0.329 e. The summed E-state index contributed by atoms with van der Waals surface area (Å²) in [5, 5.41) is 12.7. The van der Waals surface area contributed by atoms with Gasteiger partial charge < -0.3 is 29.4 Å². The van der Waals surface area contributed by atoms with Gasteiger partial charge in [-0.15, -0.1) is 0 Å². The quantitative estimate of drug-likeness (QED) is 0.506. The average Bonchev–Trinajstić information content (AvgIpc) is 2.75. The van der Waals surface area contributed by atoms with Crippen LogP contribution < -0.4 is 10.1 Å². The molecule has 4 atom stereocenters. The standard InChI is InChI=1S/C21H30N2O7/c1-12(2)11-29-16-8-6-7-14(21(26)30-13(3)19(16)28-5)23-20(25)17-18(24)15(27-4)9-10-22-17/h9-10,13-14,16,19,24H,1,6-8,11H2,2-5H3,(H,23,25). The number of carbonyl (C=O) groups is 2. The van der Waals surface area contributed by atoms with Crippen LogP contribution in [-0.4, -0.2) is 67.1 Å². The monoisotopic (exact) mass is 422 g/mol. The lowest BCUT2D eigenvalue weighted by atomic mass is 10.0. The van der Waals surface area contributed by atoms with E-state index in [0.29, 0.717) is 25.9 Å². The number of aromatic nitrogens is 1. The van der Waals surface area contributed by atoms with E-state index in [4.69, 9.17) is 18.9 Å². The Morgan fingerprint density at radius 2 is 2.13 bits per heavy atom. The van der Waals surface area contributed by atoms with Crippen molar-refractivity contribution in [2.75, 3.05) is 20.8 Å². The minimum atomic E-state index is -0.898. The fraction of sp³-hybridized carbons (Fsp3) is 0.571. The van der Waals surface area contributed by atoms with Crippen LogP contribution in [0.4, 0.5) is 0 Å². The molecule has 4 unspecified atom stereocenters. The zero-order chi connectivity index (χ0) is 22.3. The molecule has 9 heteroatoms. The number of carbonyl (C=O) groups excluding carboxylic acids is 2. The highest BCUT2D eigenvalue weighted by Gasteiger charge is 2.35. The van der Waals surface area contributed by atoms with Crippen molar-refractivity contribution in [2.45, 2.75) is 57.5 Å². The Morgan fingerprint density at radius 3 is 2.77 bits per heavy atom. The van der Waals surface area contributed by atoms with Gasteiger partial charge in [-0.3, -0.25) is 4.79 Å².